The first-order valence-electron chi connectivity index (χ1n) is 9.39. The number of carbonyl (C=O) groups excluding carboxylic acids is 1. The topological polar surface area (TPSA) is 47.9 Å². The molecule has 7 heteroatoms. The van der Waals surface area contributed by atoms with E-state index in [4.69, 9.17) is 21.1 Å². The molecule has 0 aliphatic carbocycles. The number of benzene rings is 2. The van der Waals surface area contributed by atoms with Crippen molar-refractivity contribution < 1.29 is 14.3 Å². The molecule has 0 saturated heterocycles. The van der Waals surface area contributed by atoms with Crippen LogP contribution in [-0.4, -0.2) is 21.9 Å². The van der Waals surface area contributed by atoms with Gasteiger partial charge in [0.2, 0.25) is 5.12 Å². The van der Waals surface area contributed by atoms with Crippen LogP contribution in [-0.2, 0) is 11.4 Å². The minimum Gasteiger partial charge on any atom is -0.490 e. The van der Waals surface area contributed by atoms with Crippen molar-refractivity contribution >= 4 is 50.7 Å². The lowest BCUT2D eigenvalue weighted by atomic mass is 10.1. The highest BCUT2D eigenvalue weighted by molar-refractivity contribution is 8.45. The molecule has 4 nitrogen and oxygen atoms in total. The van der Waals surface area contributed by atoms with Gasteiger partial charge in [-0.05, 0) is 60.2 Å². The van der Waals surface area contributed by atoms with E-state index in [0.29, 0.717) is 35.4 Å². The summed E-state index contributed by atoms with van der Waals surface area (Å²) in [6, 6.07) is 13.5. The Morgan fingerprint density at radius 1 is 1.17 bits per heavy atom. The molecule has 0 unspecified atom stereocenters. The number of halogens is 1. The lowest BCUT2D eigenvalue weighted by molar-refractivity contribution is -0.107. The molecular formula is C22H22ClNO3S2. The molecule has 0 radical (unpaired) electrons. The van der Waals surface area contributed by atoms with E-state index >= 15 is 0 Å². The van der Waals surface area contributed by atoms with Gasteiger partial charge in [-0.25, -0.2) is 4.99 Å². The normalized spacial score (nSPS) is 14.9. The number of hydrogen-bond donors (Lipinski definition) is 0. The zero-order valence-corrected chi connectivity index (χ0v) is 18.7. The van der Waals surface area contributed by atoms with Crippen molar-refractivity contribution in [1.29, 1.82) is 0 Å². The van der Waals surface area contributed by atoms with Gasteiger partial charge in [-0.2, -0.15) is 0 Å². The standard InChI is InChI=1S/C22H22ClNO3S2/c1-3-10-28-22-24-18(21(25)29-22)12-16-11-17(23)20(19(13-16)26-4-2)27-14-15-8-6-5-7-9-15/h5-9,11-13H,3-4,10,14H2,1-2H3. The largest absolute Gasteiger partial charge is 0.490 e. The van der Waals surface area contributed by atoms with Crippen LogP contribution in [0.3, 0.4) is 0 Å². The molecule has 0 fully saturated rings. The summed E-state index contributed by atoms with van der Waals surface area (Å²) in [5.74, 6) is 1.99. The van der Waals surface area contributed by atoms with Gasteiger partial charge in [0.25, 0.3) is 0 Å². The van der Waals surface area contributed by atoms with E-state index in [1.165, 1.54) is 11.8 Å². The molecule has 29 heavy (non-hydrogen) atoms. The Kier molecular flexibility index (Phi) is 8.09. The Morgan fingerprint density at radius 3 is 2.69 bits per heavy atom. The van der Waals surface area contributed by atoms with E-state index in [-0.39, 0.29) is 5.12 Å². The van der Waals surface area contributed by atoms with Gasteiger partial charge in [0, 0.05) is 0 Å². The molecule has 152 valence electrons. The maximum atomic E-state index is 12.3. The SMILES string of the molecule is CCCSC1=NC(=Cc2cc(Cl)c(OCc3ccccc3)c(OCC)c2)C(=O)S1. The molecule has 2 aromatic carbocycles. The molecule has 0 amide bonds. The molecule has 1 heterocycles. The van der Waals surface area contributed by atoms with Gasteiger partial charge in [-0.3, -0.25) is 4.79 Å². The van der Waals surface area contributed by atoms with Crippen LogP contribution < -0.4 is 9.47 Å². The van der Waals surface area contributed by atoms with Crippen LogP contribution in [0.1, 0.15) is 31.4 Å². The molecule has 2 aromatic rings. The molecule has 0 saturated carbocycles. The van der Waals surface area contributed by atoms with E-state index < -0.39 is 0 Å². The van der Waals surface area contributed by atoms with Crippen LogP contribution >= 0.6 is 35.1 Å². The predicted octanol–water partition coefficient (Wildman–Crippen LogP) is 6.43. The van der Waals surface area contributed by atoms with Crippen molar-refractivity contribution in [3.05, 3.63) is 64.3 Å². The summed E-state index contributed by atoms with van der Waals surface area (Å²) in [6.07, 6.45) is 2.78. The van der Waals surface area contributed by atoms with Crippen molar-refractivity contribution in [3.63, 3.8) is 0 Å². The summed E-state index contributed by atoms with van der Waals surface area (Å²) < 4.78 is 12.5. The molecule has 0 bridgehead atoms. The van der Waals surface area contributed by atoms with Crippen molar-refractivity contribution in [2.45, 2.75) is 26.9 Å². The Hall–Kier alpha value is -1.89. The summed E-state index contributed by atoms with van der Waals surface area (Å²) in [5.41, 5.74) is 2.21. The van der Waals surface area contributed by atoms with Gasteiger partial charge in [-0.1, -0.05) is 60.6 Å². The second-order valence-corrected chi connectivity index (χ2v) is 8.89. The fraction of sp³-hybridized carbons (Fsp3) is 0.273. The monoisotopic (exact) mass is 447 g/mol. The van der Waals surface area contributed by atoms with E-state index in [1.807, 2.05) is 43.3 Å². The van der Waals surface area contributed by atoms with E-state index in [1.54, 1.807) is 23.9 Å². The quantitative estimate of drug-likeness (QED) is 0.436. The van der Waals surface area contributed by atoms with Gasteiger partial charge >= 0.3 is 0 Å². The van der Waals surface area contributed by atoms with Gasteiger partial charge in [0.1, 0.15) is 16.7 Å². The number of rotatable bonds is 8. The number of hydrogen-bond acceptors (Lipinski definition) is 6. The first-order chi connectivity index (χ1) is 14.1. The van der Waals surface area contributed by atoms with E-state index in [9.17, 15) is 4.79 Å². The lowest BCUT2D eigenvalue weighted by Crippen LogP contribution is -2.01. The average molecular weight is 448 g/mol. The Labute approximate surface area is 184 Å². The Bertz CT molecular complexity index is 929. The maximum Gasteiger partial charge on any atom is 0.244 e. The molecule has 0 atom stereocenters. The van der Waals surface area contributed by atoms with Crippen LogP contribution in [0.25, 0.3) is 6.08 Å². The van der Waals surface area contributed by atoms with E-state index in [0.717, 1.165) is 27.7 Å². The molecular weight excluding hydrogens is 426 g/mol. The minimum absolute atomic E-state index is 0.0536. The zero-order valence-electron chi connectivity index (χ0n) is 16.3. The fourth-order valence-electron chi connectivity index (χ4n) is 2.60. The van der Waals surface area contributed by atoms with Gasteiger partial charge in [-0.15, -0.1) is 0 Å². The highest BCUT2D eigenvalue weighted by atomic mass is 35.5. The van der Waals surface area contributed by atoms with Gasteiger partial charge < -0.3 is 9.47 Å². The molecule has 3 rings (SSSR count). The number of thioether (sulfide) groups is 2. The van der Waals surface area contributed by atoms with Crippen LogP contribution in [0.15, 0.2) is 53.2 Å². The molecule has 1 aliphatic heterocycles. The third kappa shape index (κ3) is 6.04. The smallest absolute Gasteiger partial charge is 0.244 e. The number of aliphatic imine (C=N–C) groups is 1. The maximum absolute atomic E-state index is 12.3. The summed E-state index contributed by atoms with van der Waals surface area (Å²) in [5, 5.41) is 0.378. The number of ether oxygens (including phenoxy) is 2. The fourth-order valence-corrected chi connectivity index (χ4v) is 4.64. The highest BCUT2D eigenvalue weighted by Crippen LogP contribution is 2.39. The van der Waals surface area contributed by atoms with Crippen LogP contribution in [0, 0.1) is 0 Å². The number of carbonyl (C=O) groups is 1. The van der Waals surface area contributed by atoms with Crippen LogP contribution in [0.5, 0.6) is 11.5 Å². The van der Waals surface area contributed by atoms with Crippen molar-refractivity contribution in [3.8, 4) is 11.5 Å². The zero-order chi connectivity index (χ0) is 20.6. The Balaban J connectivity index is 1.83. The highest BCUT2D eigenvalue weighted by Gasteiger charge is 2.22. The average Bonchev–Trinajstić information content (AvgIpc) is 3.06. The summed E-state index contributed by atoms with van der Waals surface area (Å²) >= 11 is 9.27. The predicted molar refractivity (Wildman–Crippen MR) is 124 cm³/mol. The van der Waals surface area contributed by atoms with E-state index in [2.05, 4.69) is 11.9 Å². The molecule has 1 aliphatic rings. The van der Waals surface area contributed by atoms with Gasteiger partial charge in [0.05, 0.1) is 11.6 Å². The Morgan fingerprint density at radius 2 is 1.97 bits per heavy atom. The lowest BCUT2D eigenvalue weighted by Gasteiger charge is -2.14. The second-order valence-electron chi connectivity index (χ2n) is 6.18. The minimum atomic E-state index is -0.0536. The van der Waals surface area contributed by atoms with Crippen LogP contribution in [0.2, 0.25) is 5.02 Å². The number of nitrogens with zero attached hydrogens (tertiary/aromatic N) is 1. The molecule has 0 N–H and O–H groups in total. The van der Waals surface area contributed by atoms with Crippen molar-refractivity contribution in [2.24, 2.45) is 4.99 Å². The first-order valence-corrected chi connectivity index (χ1v) is 11.6. The summed E-state index contributed by atoms with van der Waals surface area (Å²) in [4.78, 5) is 16.7. The van der Waals surface area contributed by atoms with Crippen LogP contribution in [0.4, 0.5) is 0 Å². The van der Waals surface area contributed by atoms with Crippen molar-refractivity contribution in [2.75, 3.05) is 12.4 Å². The third-order valence-electron chi connectivity index (χ3n) is 3.89. The van der Waals surface area contributed by atoms with Gasteiger partial charge in [0.15, 0.2) is 11.5 Å². The molecule has 0 spiro atoms. The summed E-state index contributed by atoms with van der Waals surface area (Å²) in [6.45, 7) is 4.87. The second kappa shape index (κ2) is 10.8. The molecule has 0 aromatic heterocycles. The summed E-state index contributed by atoms with van der Waals surface area (Å²) in [7, 11) is 0. The van der Waals surface area contributed by atoms with Crippen molar-refractivity contribution in [1.82, 2.24) is 0 Å². The third-order valence-corrected chi connectivity index (χ3v) is 6.39. The first kappa shape index (κ1) is 21.8.